The van der Waals surface area contributed by atoms with Crippen molar-refractivity contribution >= 4 is 28.7 Å². The third-order valence-corrected chi connectivity index (χ3v) is 6.01. The quantitative estimate of drug-likeness (QED) is 0.327. The average Bonchev–Trinajstić information content (AvgIpc) is 3.39. The number of hydrogen-bond donors (Lipinski definition) is 4. The van der Waals surface area contributed by atoms with Gasteiger partial charge in [-0.3, -0.25) is 0 Å². The lowest BCUT2D eigenvalue weighted by Crippen LogP contribution is -2.47. The zero-order chi connectivity index (χ0) is 20.4. The molecular weight excluding hydrogens is 396 g/mol. The zero-order valence-electron chi connectivity index (χ0n) is 16.0. The van der Waals surface area contributed by atoms with Crippen molar-refractivity contribution < 1.29 is 19.7 Å². The van der Waals surface area contributed by atoms with Gasteiger partial charge in [0.25, 0.3) is 0 Å². The lowest BCUT2D eigenvalue weighted by atomic mass is 9.88. The lowest BCUT2D eigenvalue weighted by molar-refractivity contribution is -0.107. The van der Waals surface area contributed by atoms with Crippen molar-refractivity contribution in [3.05, 3.63) is 24.2 Å². The second-order valence-electron chi connectivity index (χ2n) is 7.04. The average molecular weight is 420 g/mol. The van der Waals surface area contributed by atoms with E-state index in [4.69, 9.17) is 4.42 Å². The van der Waals surface area contributed by atoms with Gasteiger partial charge in [0.15, 0.2) is 22.1 Å². The summed E-state index contributed by atoms with van der Waals surface area (Å²) in [5.41, 5.74) is 0.957. The van der Waals surface area contributed by atoms with Crippen LogP contribution in [-0.2, 0) is 6.54 Å². The molecule has 11 heteroatoms. The highest BCUT2D eigenvalue weighted by Crippen LogP contribution is 2.32. The topological polar surface area (TPSA) is 142 Å². The van der Waals surface area contributed by atoms with Crippen molar-refractivity contribution in [3.63, 3.8) is 0 Å². The summed E-state index contributed by atoms with van der Waals surface area (Å²) in [5, 5.41) is 42.6. The number of nitrogens with one attached hydrogen (secondary N) is 1. The predicted octanol–water partition coefficient (Wildman–Crippen LogP) is 1.35. The van der Waals surface area contributed by atoms with Crippen molar-refractivity contribution in [3.8, 4) is 0 Å². The third kappa shape index (κ3) is 4.08. The number of aliphatic hydroxyl groups excluding tert-OH is 3. The second kappa shape index (κ2) is 8.66. The fourth-order valence-corrected chi connectivity index (χ4v) is 4.10. The van der Waals surface area contributed by atoms with E-state index in [0.717, 1.165) is 17.9 Å². The van der Waals surface area contributed by atoms with Gasteiger partial charge in [0.1, 0.15) is 18.0 Å². The van der Waals surface area contributed by atoms with Crippen molar-refractivity contribution in [1.29, 1.82) is 0 Å². The first kappa shape index (κ1) is 20.1. The van der Waals surface area contributed by atoms with E-state index in [-0.39, 0.29) is 0 Å². The summed E-state index contributed by atoms with van der Waals surface area (Å²) in [7, 11) is 0. The Morgan fingerprint density at radius 3 is 2.86 bits per heavy atom. The summed E-state index contributed by atoms with van der Waals surface area (Å²) in [4.78, 5) is 9.18. The maximum absolute atomic E-state index is 10.5. The molecule has 0 aromatic carbocycles. The number of aliphatic hydroxyl groups is 3. The lowest BCUT2D eigenvalue weighted by Gasteiger charge is -2.34. The Bertz CT molecular complexity index is 949. The summed E-state index contributed by atoms with van der Waals surface area (Å²) < 4.78 is 6.89. The Balaban J connectivity index is 1.69. The highest BCUT2D eigenvalue weighted by atomic mass is 32.2. The van der Waals surface area contributed by atoms with Crippen LogP contribution in [-0.4, -0.2) is 64.3 Å². The normalized spacial score (nSPS) is 24.8. The molecule has 4 N–H and O–H groups in total. The Morgan fingerprint density at radius 1 is 1.24 bits per heavy atom. The predicted molar refractivity (Wildman–Crippen MR) is 106 cm³/mol. The fourth-order valence-electron chi connectivity index (χ4n) is 3.40. The second-order valence-corrected chi connectivity index (χ2v) is 8.10. The first-order valence-corrected chi connectivity index (χ1v) is 10.6. The largest absolute Gasteiger partial charge is 0.467 e. The Morgan fingerprint density at radius 2 is 2.10 bits per heavy atom. The van der Waals surface area contributed by atoms with Crippen LogP contribution in [0.2, 0.25) is 0 Å². The minimum absolute atomic E-state index is 0.358. The first-order valence-electron chi connectivity index (χ1n) is 9.64. The summed E-state index contributed by atoms with van der Waals surface area (Å²) >= 11 is 1.53. The van der Waals surface area contributed by atoms with E-state index in [0.29, 0.717) is 41.5 Å². The van der Waals surface area contributed by atoms with Crippen molar-refractivity contribution in [2.45, 2.75) is 62.2 Å². The molecule has 3 aromatic rings. The van der Waals surface area contributed by atoms with Gasteiger partial charge in [-0.2, -0.15) is 0 Å². The number of furan rings is 1. The molecule has 0 bridgehead atoms. The van der Waals surface area contributed by atoms with Gasteiger partial charge in [-0.15, -0.1) is 5.10 Å². The molecule has 0 amide bonds. The molecule has 3 aromatic heterocycles. The van der Waals surface area contributed by atoms with Crippen LogP contribution in [0.15, 0.2) is 28.0 Å². The maximum Gasteiger partial charge on any atom is 0.191 e. The molecule has 29 heavy (non-hydrogen) atoms. The molecule has 4 rings (SSSR count). The van der Waals surface area contributed by atoms with Gasteiger partial charge in [0.05, 0.1) is 25.0 Å². The number of fused-ring (bicyclic) bond motifs is 1. The van der Waals surface area contributed by atoms with Crippen LogP contribution in [0.25, 0.3) is 11.2 Å². The molecule has 1 aliphatic carbocycles. The number of rotatable bonds is 7. The molecule has 1 aliphatic rings. The zero-order valence-corrected chi connectivity index (χ0v) is 16.8. The summed E-state index contributed by atoms with van der Waals surface area (Å²) in [6, 6.07) is 3.14. The van der Waals surface area contributed by atoms with E-state index in [2.05, 4.69) is 32.5 Å². The summed E-state index contributed by atoms with van der Waals surface area (Å²) in [5.74, 6) is 2.15. The minimum atomic E-state index is -1.24. The summed E-state index contributed by atoms with van der Waals surface area (Å²) in [6.45, 7) is 2.51. The van der Waals surface area contributed by atoms with Gasteiger partial charge in [-0.05, 0) is 31.4 Å². The van der Waals surface area contributed by atoms with Crippen LogP contribution in [0.4, 0.5) is 5.82 Å². The van der Waals surface area contributed by atoms with E-state index in [9.17, 15) is 15.3 Å². The minimum Gasteiger partial charge on any atom is -0.467 e. The standard InChI is InChI=1S/C18H24N6O4S/c1-2-8-29-18-20-16(19-9-10-4-3-7-28-10)13-17(21-18)24(23-22-13)11-5-6-12(25)15(27)14(11)26/h3-4,7,11-12,14-15,25-27H,2,5-6,8-9H2,1H3,(H,19,20,21)/t11-,12+,14+,15-/m1/s1. The van der Waals surface area contributed by atoms with Crippen LogP contribution in [0, 0.1) is 0 Å². The van der Waals surface area contributed by atoms with Gasteiger partial charge in [0, 0.05) is 5.75 Å². The molecule has 10 nitrogen and oxygen atoms in total. The molecule has 156 valence electrons. The number of nitrogens with zero attached hydrogens (tertiary/aromatic N) is 5. The van der Waals surface area contributed by atoms with E-state index in [1.165, 1.54) is 16.4 Å². The molecular formula is C18H24N6O4S. The van der Waals surface area contributed by atoms with Gasteiger partial charge in [0.2, 0.25) is 0 Å². The van der Waals surface area contributed by atoms with Crippen LogP contribution in [0.5, 0.6) is 0 Å². The fraction of sp³-hybridized carbons (Fsp3) is 0.556. The maximum atomic E-state index is 10.5. The molecule has 1 saturated carbocycles. The Hall–Kier alpha value is -2.21. The molecule has 0 unspecified atom stereocenters. The van der Waals surface area contributed by atoms with Gasteiger partial charge in [-0.25, -0.2) is 14.6 Å². The Labute approximate surface area is 171 Å². The van der Waals surface area contributed by atoms with E-state index < -0.39 is 24.4 Å². The molecule has 0 radical (unpaired) electrons. The monoisotopic (exact) mass is 420 g/mol. The molecule has 0 saturated heterocycles. The number of thioether (sulfide) groups is 1. The number of hydrogen-bond acceptors (Lipinski definition) is 10. The van der Waals surface area contributed by atoms with Crippen LogP contribution in [0.1, 0.15) is 38.0 Å². The molecule has 1 fully saturated rings. The van der Waals surface area contributed by atoms with Gasteiger partial charge >= 0.3 is 0 Å². The molecule has 4 atom stereocenters. The van der Waals surface area contributed by atoms with Gasteiger partial charge in [-0.1, -0.05) is 23.9 Å². The van der Waals surface area contributed by atoms with Crippen LogP contribution < -0.4 is 5.32 Å². The van der Waals surface area contributed by atoms with E-state index in [1.54, 1.807) is 6.26 Å². The van der Waals surface area contributed by atoms with Crippen molar-refractivity contribution in [2.75, 3.05) is 11.1 Å². The van der Waals surface area contributed by atoms with E-state index in [1.807, 2.05) is 12.1 Å². The van der Waals surface area contributed by atoms with E-state index >= 15 is 0 Å². The summed E-state index contributed by atoms with van der Waals surface area (Å²) in [6.07, 6.45) is 0.0435. The number of anilines is 1. The van der Waals surface area contributed by atoms with Gasteiger partial charge < -0.3 is 25.1 Å². The van der Waals surface area contributed by atoms with Crippen molar-refractivity contribution in [2.24, 2.45) is 0 Å². The highest BCUT2D eigenvalue weighted by molar-refractivity contribution is 7.99. The van der Waals surface area contributed by atoms with Crippen LogP contribution >= 0.6 is 11.8 Å². The third-order valence-electron chi connectivity index (χ3n) is 4.96. The Kier molecular flexibility index (Phi) is 5.99. The highest BCUT2D eigenvalue weighted by Gasteiger charge is 2.39. The SMILES string of the molecule is CCCSc1nc(NCc2ccco2)c2nnn([C@@H]3CC[C@H](O)[C@@H](O)[C@H]3O)c2n1. The first-order chi connectivity index (χ1) is 14.1. The molecule has 0 spiro atoms. The molecule has 3 heterocycles. The van der Waals surface area contributed by atoms with Crippen molar-refractivity contribution in [1.82, 2.24) is 25.0 Å². The number of aromatic nitrogens is 5. The van der Waals surface area contributed by atoms with Crippen LogP contribution in [0.3, 0.4) is 0 Å². The molecule has 0 aliphatic heterocycles. The smallest absolute Gasteiger partial charge is 0.191 e.